The summed E-state index contributed by atoms with van der Waals surface area (Å²) in [6.45, 7) is 0. The number of aromatic nitrogens is 1. The van der Waals surface area contributed by atoms with Crippen LogP contribution in [-0.4, -0.2) is 36.9 Å². The average molecular weight is 418 g/mol. The zero-order valence-electron chi connectivity index (χ0n) is 16.7. The quantitative estimate of drug-likeness (QED) is 0.800. The number of fused-ring (bicyclic) bond motifs is 1. The van der Waals surface area contributed by atoms with Crippen LogP contribution in [0.5, 0.6) is 0 Å². The summed E-state index contributed by atoms with van der Waals surface area (Å²) in [6.07, 6.45) is 8.95. The van der Waals surface area contributed by atoms with E-state index in [9.17, 15) is 13.2 Å². The van der Waals surface area contributed by atoms with Gasteiger partial charge in [-0.25, -0.2) is 8.42 Å². The number of benzene rings is 1. The van der Waals surface area contributed by atoms with Crippen molar-refractivity contribution in [3.63, 3.8) is 0 Å². The molecule has 0 unspecified atom stereocenters. The molecule has 1 N–H and O–H groups in total. The van der Waals surface area contributed by atoms with Gasteiger partial charge in [-0.1, -0.05) is 24.4 Å². The Hall–Kier alpha value is -2.19. The van der Waals surface area contributed by atoms with E-state index in [-0.39, 0.29) is 16.8 Å². The summed E-state index contributed by atoms with van der Waals surface area (Å²) in [5.74, 6) is 0.0672. The molecule has 1 saturated carbocycles. The maximum absolute atomic E-state index is 12.9. The minimum Gasteiger partial charge on any atom is -0.338 e. The Morgan fingerprint density at radius 1 is 1.07 bits per heavy atom. The van der Waals surface area contributed by atoms with Crippen LogP contribution in [-0.2, 0) is 22.9 Å². The Kier molecular flexibility index (Phi) is 5.74. The molecule has 0 spiro atoms. The van der Waals surface area contributed by atoms with Gasteiger partial charge in [0.2, 0.25) is 15.9 Å². The first-order valence-electron chi connectivity index (χ1n) is 10.3. The number of rotatable bonds is 5. The zero-order valence-corrected chi connectivity index (χ0v) is 17.5. The molecule has 0 radical (unpaired) electrons. The van der Waals surface area contributed by atoms with E-state index >= 15 is 0 Å². The predicted molar refractivity (Wildman–Crippen MR) is 109 cm³/mol. The van der Waals surface area contributed by atoms with Crippen LogP contribution in [0.1, 0.15) is 66.6 Å². The number of carbonyl (C=O) groups excluding carboxylic acids is 1. The standard InChI is InChI=1S/C21H27N3O4S/c1-24(16-7-3-2-4-8-16)29(26,27)17-13-11-15(12-14-17)20(25)22-21-18-9-5-6-10-19(18)23-28-21/h11-14,16H,2-10H2,1H3,(H,22,25). The van der Waals surface area contributed by atoms with E-state index < -0.39 is 10.0 Å². The molecule has 29 heavy (non-hydrogen) atoms. The van der Waals surface area contributed by atoms with Crippen LogP contribution in [0.2, 0.25) is 0 Å². The van der Waals surface area contributed by atoms with Crippen LogP contribution in [0, 0.1) is 0 Å². The second kappa shape index (κ2) is 8.28. The first-order chi connectivity index (χ1) is 14.0. The lowest BCUT2D eigenvalue weighted by molar-refractivity contribution is 0.102. The second-order valence-corrected chi connectivity index (χ2v) is 9.93. The number of hydrogen-bond acceptors (Lipinski definition) is 5. The van der Waals surface area contributed by atoms with Gasteiger partial charge >= 0.3 is 0 Å². The predicted octanol–water partition coefficient (Wildman–Crippen LogP) is 3.76. The number of aryl methyl sites for hydroxylation is 1. The third-order valence-electron chi connectivity index (χ3n) is 6.07. The molecule has 1 amide bonds. The molecule has 4 rings (SSSR count). The van der Waals surface area contributed by atoms with Crippen molar-refractivity contribution in [2.24, 2.45) is 0 Å². The van der Waals surface area contributed by atoms with Gasteiger partial charge in [-0.3, -0.25) is 10.1 Å². The van der Waals surface area contributed by atoms with Crippen molar-refractivity contribution in [2.45, 2.75) is 68.7 Å². The summed E-state index contributed by atoms with van der Waals surface area (Å²) < 4.78 is 32.7. The van der Waals surface area contributed by atoms with Crippen LogP contribution in [0.3, 0.4) is 0 Å². The smallest absolute Gasteiger partial charge is 0.258 e. The number of amides is 1. The maximum atomic E-state index is 12.9. The van der Waals surface area contributed by atoms with E-state index in [2.05, 4.69) is 10.5 Å². The van der Waals surface area contributed by atoms with Gasteiger partial charge in [0.25, 0.3) is 5.91 Å². The van der Waals surface area contributed by atoms with E-state index in [1.54, 1.807) is 19.2 Å². The summed E-state index contributed by atoms with van der Waals surface area (Å²) in [5, 5.41) is 6.81. The van der Waals surface area contributed by atoms with Crippen LogP contribution < -0.4 is 5.32 Å². The fourth-order valence-corrected chi connectivity index (χ4v) is 5.67. The van der Waals surface area contributed by atoms with Crippen LogP contribution >= 0.6 is 0 Å². The van der Waals surface area contributed by atoms with Gasteiger partial charge in [-0.2, -0.15) is 4.31 Å². The summed E-state index contributed by atoms with van der Waals surface area (Å²) >= 11 is 0. The third-order valence-corrected chi connectivity index (χ3v) is 7.99. The fraction of sp³-hybridized carbons (Fsp3) is 0.524. The van der Waals surface area contributed by atoms with Crippen molar-refractivity contribution < 1.29 is 17.7 Å². The molecule has 2 aliphatic rings. The summed E-state index contributed by atoms with van der Waals surface area (Å²) in [5.41, 5.74) is 2.27. The molecule has 0 aliphatic heterocycles. The van der Waals surface area contributed by atoms with Crippen LogP contribution in [0.25, 0.3) is 0 Å². The van der Waals surface area contributed by atoms with Crippen LogP contribution in [0.4, 0.5) is 5.88 Å². The molecule has 1 aromatic carbocycles. The normalized spacial score (nSPS) is 17.9. The van der Waals surface area contributed by atoms with Crippen molar-refractivity contribution in [2.75, 3.05) is 12.4 Å². The molecule has 1 fully saturated rings. The largest absolute Gasteiger partial charge is 0.338 e. The molecular formula is C21H27N3O4S. The highest BCUT2D eigenvalue weighted by Crippen LogP contribution is 2.29. The van der Waals surface area contributed by atoms with Crippen LogP contribution in [0.15, 0.2) is 33.7 Å². The van der Waals surface area contributed by atoms with Gasteiger partial charge in [0, 0.05) is 24.2 Å². The van der Waals surface area contributed by atoms with E-state index in [0.29, 0.717) is 11.4 Å². The van der Waals surface area contributed by atoms with E-state index in [0.717, 1.165) is 62.6 Å². The molecule has 0 atom stereocenters. The van der Waals surface area contributed by atoms with Gasteiger partial charge in [-0.15, -0.1) is 0 Å². The first-order valence-corrected chi connectivity index (χ1v) is 11.8. The molecule has 8 heteroatoms. The van der Waals surface area contributed by atoms with Crippen molar-refractivity contribution in [3.8, 4) is 0 Å². The number of nitrogens with zero attached hydrogens (tertiary/aromatic N) is 2. The van der Waals surface area contributed by atoms with Crippen molar-refractivity contribution >= 4 is 21.8 Å². The van der Waals surface area contributed by atoms with Gasteiger partial charge < -0.3 is 4.52 Å². The SMILES string of the molecule is CN(C1CCCCC1)S(=O)(=O)c1ccc(C(=O)Nc2onc3c2CCCC3)cc1. The fourth-order valence-electron chi connectivity index (χ4n) is 4.25. The van der Waals surface area contributed by atoms with Crippen molar-refractivity contribution in [3.05, 3.63) is 41.1 Å². The highest BCUT2D eigenvalue weighted by Gasteiger charge is 2.29. The van der Waals surface area contributed by atoms with E-state index in [4.69, 9.17) is 4.52 Å². The Labute approximate surface area is 171 Å². The number of hydrogen-bond donors (Lipinski definition) is 1. The highest BCUT2D eigenvalue weighted by atomic mass is 32.2. The Bertz CT molecular complexity index is 976. The molecule has 1 heterocycles. The zero-order chi connectivity index (χ0) is 20.4. The average Bonchev–Trinajstić information content (AvgIpc) is 3.16. The second-order valence-electron chi connectivity index (χ2n) is 7.94. The van der Waals surface area contributed by atoms with Crippen molar-refractivity contribution in [1.82, 2.24) is 9.46 Å². The van der Waals surface area contributed by atoms with Gasteiger partial charge in [-0.05, 0) is 62.8 Å². The molecule has 156 valence electrons. The van der Waals surface area contributed by atoms with E-state index in [1.165, 1.54) is 22.9 Å². The number of anilines is 1. The number of sulfonamides is 1. The highest BCUT2D eigenvalue weighted by molar-refractivity contribution is 7.89. The minimum atomic E-state index is -3.57. The molecule has 2 aliphatic carbocycles. The molecule has 1 aromatic heterocycles. The monoisotopic (exact) mass is 417 g/mol. The van der Waals surface area contributed by atoms with Gasteiger partial charge in [0.1, 0.15) is 0 Å². The molecule has 0 saturated heterocycles. The third kappa shape index (κ3) is 4.09. The van der Waals surface area contributed by atoms with E-state index in [1.807, 2.05) is 0 Å². The van der Waals surface area contributed by atoms with Gasteiger partial charge in [0.05, 0.1) is 10.6 Å². The Balaban J connectivity index is 1.47. The number of carbonyl (C=O) groups is 1. The lowest BCUT2D eigenvalue weighted by Gasteiger charge is -2.30. The summed E-state index contributed by atoms with van der Waals surface area (Å²) in [4.78, 5) is 12.8. The summed E-state index contributed by atoms with van der Waals surface area (Å²) in [7, 11) is -1.92. The Morgan fingerprint density at radius 2 is 1.76 bits per heavy atom. The lowest BCUT2D eigenvalue weighted by atomic mass is 9.96. The summed E-state index contributed by atoms with van der Waals surface area (Å²) in [6, 6.07) is 6.13. The Morgan fingerprint density at radius 3 is 2.48 bits per heavy atom. The molecule has 0 bridgehead atoms. The minimum absolute atomic E-state index is 0.0503. The first kappa shape index (κ1) is 20.1. The van der Waals surface area contributed by atoms with Crippen molar-refractivity contribution in [1.29, 1.82) is 0 Å². The van der Waals surface area contributed by atoms with Gasteiger partial charge in [0.15, 0.2) is 0 Å². The maximum Gasteiger partial charge on any atom is 0.258 e. The lowest BCUT2D eigenvalue weighted by Crippen LogP contribution is -2.38. The topological polar surface area (TPSA) is 92.5 Å². The molecular weight excluding hydrogens is 390 g/mol. The number of nitrogens with one attached hydrogen (secondary N) is 1. The molecule has 2 aromatic rings. The molecule has 7 nitrogen and oxygen atoms in total.